The third kappa shape index (κ3) is 50.0. The summed E-state index contributed by atoms with van der Waals surface area (Å²) < 4.78 is 0. The predicted molar refractivity (Wildman–Crippen MR) is 194 cm³/mol. The normalized spacial score (nSPS) is 11.0. The summed E-state index contributed by atoms with van der Waals surface area (Å²) >= 11 is 0. The lowest BCUT2D eigenvalue weighted by molar-refractivity contribution is -0.138. The Bertz CT molecular complexity index is 565. The van der Waals surface area contributed by atoms with Crippen molar-refractivity contribution in [1.29, 1.82) is 0 Å². The highest BCUT2D eigenvalue weighted by atomic mass is 16.4. The van der Waals surface area contributed by atoms with Crippen molar-refractivity contribution in [2.75, 3.05) is 6.61 Å². The molecule has 0 bridgehead atoms. The third-order valence-electron chi connectivity index (χ3n) is 9.04. The molecule has 0 unspecified atom stereocenters. The van der Waals surface area contributed by atoms with Gasteiger partial charge in [0.25, 0.3) is 0 Å². The highest BCUT2D eigenvalue weighted by Gasteiger charge is 1.99. The van der Waals surface area contributed by atoms with Gasteiger partial charge in [0.2, 0.25) is 0 Å². The first-order valence-electron chi connectivity index (χ1n) is 20.1. The van der Waals surface area contributed by atoms with E-state index in [4.69, 9.17) is 15.3 Å². The minimum absolute atomic E-state index is 0.333. The van der Waals surface area contributed by atoms with Crippen LogP contribution in [0.5, 0.6) is 0 Å². The molecule has 0 aromatic heterocycles. The molecule has 0 spiro atoms. The van der Waals surface area contributed by atoms with Crippen molar-refractivity contribution < 1.29 is 24.9 Å². The van der Waals surface area contributed by atoms with Gasteiger partial charge in [-0.25, -0.2) is 0 Å². The Morgan fingerprint density at radius 3 is 0.667 bits per heavy atom. The quantitative estimate of drug-likeness (QED) is 0.0587. The summed E-state index contributed by atoms with van der Waals surface area (Å²) in [5, 5.41) is 25.7. The fourth-order valence-corrected chi connectivity index (χ4v) is 6.04. The van der Waals surface area contributed by atoms with Crippen LogP contribution in [0.15, 0.2) is 0 Å². The molecule has 5 heteroatoms. The molecule has 0 amide bonds. The number of aliphatic hydroxyl groups is 1. The number of carbonyl (C=O) groups is 2. The van der Waals surface area contributed by atoms with Crippen LogP contribution in [-0.4, -0.2) is 33.9 Å². The molecule has 0 aromatic carbocycles. The smallest absolute Gasteiger partial charge is 0.303 e. The van der Waals surface area contributed by atoms with Gasteiger partial charge in [-0.1, -0.05) is 206 Å². The molecule has 45 heavy (non-hydrogen) atoms. The Hall–Kier alpha value is -1.10. The maximum absolute atomic E-state index is 10.4. The van der Waals surface area contributed by atoms with Crippen molar-refractivity contribution in [3.8, 4) is 0 Å². The molecule has 0 aromatic rings. The highest BCUT2D eigenvalue weighted by Crippen LogP contribution is 2.16. The minimum atomic E-state index is -0.664. The first kappa shape index (κ1) is 46.0. The maximum atomic E-state index is 10.4. The Balaban J connectivity index is 0. The predicted octanol–water partition coefficient (Wildman–Crippen LogP) is 13.2. The number of rotatable bonds is 37. The van der Waals surface area contributed by atoms with Crippen LogP contribution in [0.4, 0.5) is 0 Å². The first-order chi connectivity index (χ1) is 22.0. The fourth-order valence-electron chi connectivity index (χ4n) is 6.04. The van der Waals surface area contributed by atoms with E-state index in [-0.39, 0.29) is 0 Å². The van der Waals surface area contributed by atoms with Gasteiger partial charge in [0.05, 0.1) is 0 Å². The van der Waals surface area contributed by atoms with E-state index >= 15 is 0 Å². The summed E-state index contributed by atoms with van der Waals surface area (Å²) in [6.07, 6.45) is 45.1. The monoisotopic (exact) mass is 641 g/mol. The number of unbranched alkanes of at least 4 members (excludes halogenated alkanes) is 32. The molecule has 0 atom stereocenters. The topological polar surface area (TPSA) is 94.8 Å². The molecule has 0 rings (SSSR count). The van der Waals surface area contributed by atoms with Crippen LogP contribution in [0.3, 0.4) is 0 Å². The van der Waals surface area contributed by atoms with Gasteiger partial charge in [-0.3, -0.25) is 9.59 Å². The molecule has 0 radical (unpaired) electrons. The second-order valence-electron chi connectivity index (χ2n) is 13.7. The molecule has 0 aliphatic carbocycles. The zero-order chi connectivity index (χ0) is 33.3. The molecule has 0 fully saturated rings. The van der Waals surface area contributed by atoms with E-state index in [1.807, 2.05) is 0 Å². The van der Waals surface area contributed by atoms with Crippen LogP contribution < -0.4 is 0 Å². The number of carboxylic acids is 2. The second-order valence-corrected chi connectivity index (χ2v) is 13.7. The largest absolute Gasteiger partial charge is 0.481 e. The van der Waals surface area contributed by atoms with Crippen LogP contribution in [0.2, 0.25) is 0 Å². The Labute approximate surface area is 281 Å². The van der Waals surface area contributed by atoms with Crippen LogP contribution in [-0.2, 0) is 9.59 Å². The molecular weight excluding hydrogens is 560 g/mol. The zero-order valence-corrected chi connectivity index (χ0v) is 30.3. The van der Waals surface area contributed by atoms with Gasteiger partial charge < -0.3 is 15.3 Å². The van der Waals surface area contributed by atoms with Crippen molar-refractivity contribution in [2.24, 2.45) is 0 Å². The van der Waals surface area contributed by atoms with Crippen LogP contribution in [0.25, 0.3) is 0 Å². The van der Waals surface area contributed by atoms with Crippen LogP contribution in [0.1, 0.15) is 238 Å². The number of hydrogen-bond donors (Lipinski definition) is 3. The van der Waals surface area contributed by atoms with E-state index in [1.165, 1.54) is 186 Å². The van der Waals surface area contributed by atoms with Crippen molar-refractivity contribution in [1.82, 2.24) is 0 Å². The lowest BCUT2D eigenvalue weighted by Gasteiger charge is -2.03. The molecular formula is C40H80O5. The van der Waals surface area contributed by atoms with E-state index in [2.05, 4.69) is 6.92 Å². The maximum Gasteiger partial charge on any atom is 0.303 e. The van der Waals surface area contributed by atoms with E-state index < -0.39 is 11.9 Å². The Morgan fingerprint density at radius 1 is 0.311 bits per heavy atom. The number of aliphatic hydroxyl groups excluding tert-OH is 1. The minimum Gasteiger partial charge on any atom is -0.481 e. The highest BCUT2D eigenvalue weighted by molar-refractivity contribution is 5.66. The van der Waals surface area contributed by atoms with E-state index in [0.717, 1.165) is 32.1 Å². The average Bonchev–Trinajstić information content (AvgIpc) is 3.02. The lowest BCUT2D eigenvalue weighted by atomic mass is 10.0. The molecule has 0 heterocycles. The van der Waals surface area contributed by atoms with Gasteiger partial charge >= 0.3 is 11.9 Å². The lowest BCUT2D eigenvalue weighted by Crippen LogP contribution is -1.93. The Morgan fingerprint density at radius 2 is 0.489 bits per heavy atom. The molecule has 0 aliphatic rings. The number of aliphatic carboxylic acids is 2. The number of hydrogen-bond acceptors (Lipinski definition) is 3. The summed E-state index contributed by atoms with van der Waals surface area (Å²) in [6, 6.07) is 0. The third-order valence-corrected chi connectivity index (χ3v) is 9.04. The van der Waals surface area contributed by atoms with Crippen molar-refractivity contribution in [2.45, 2.75) is 238 Å². The van der Waals surface area contributed by atoms with Gasteiger partial charge in [-0.05, 0) is 19.3 Å². The first-order valence-corrected chi connectivity index (χ1v) is 20.1. The summed E-state index contributed by atoms with van der Waals surface area (Å²) in [5.74, 6) is -1.31. The molecule has 3 N–H and O–H groups in total. The average molecular weight is 641 g/mol. The van der Waals surface area contributed by atoms with Gasteiger partial charge in [0.1, 0.15) is 0 Å². The summed E-state index contributed by atoms with van der Waals surface area (Å²) in [4.78, 5) is 20.7. The van der Waals surface area contributed by atoms with Crippen molar-refractivity contribution in [3.63, 3.8) is 0 Å². The van der Waals surface area contributed by atoms with Crippen LogP contribution >= 0.6 is 0 Å². The van der Waals surface area contributed by atoms with E-state index in [0.29, 0.717) is 19.4 Å². The Kier molecular flexibility index (Phi) is 43.9. The van der Waals surface area contributed by atoms with Gasteiger partial charge in [-0.2, -0.15) is 0 Å². The molecule has 0 saturated heterocycles. The number of carboxylic acid groups (broad SMARTS) is 2. The molecule has 270 valence electrons. The van der Waals surface area contributed by atoms with Crippen LogP contribution in [0, 0.1) is 0 Å². The van der Waals surface area contributed by atoms with E-state index in [1.54, 1.807) is 0 Å². The van der Waals surface area contributed by atoms with E-state index in [9.17, 15) is 9.59 Å². The second kappa shape index (κ2) is 42.9. The summed E-state index contributed by atoms with van der Waals surface area (Å²) in [7, 11) is 0. The van der Waals surface area contributed by atoms with Gasteiger partial charge in [-0.15, -0.1) is 0 Å². The molecule has 0 saturated carbocycles. The SMILES string of the molecule is CCCCCCCCCCCCCCCCCCCCCC(=O)O.O=C(O)CCCCCCCCCCCCCCCCCO. The molecule has 0 aliphatic heterocycles. The van der Waals surface area contributed by atoms with Gasteiger partial charge in [0, 0.05) is 19.4 Å². The summed E-state index contributed by atoms with van der Waals surface area (Å²) in [5.41, 5.74) is 0. The fraction of sp³-hybridized carbons (Fsp3) is 0.950. The summed E-state index contributed by atoms with van der Waals surface area (Å²) in [6.45, 7) is 2.63. The zero-order valence-electron chi connectivity index (χ0n) is 30.3. The van der Waals surface area contributed by atoms with Crippen molar-refractivity contribution in [3.05, 3.63) is 0 Å². The standard InChI is InChI=1S/C22H44O2.C18H36O3/c1-2-3-4-5-6-7-8-9-10-11-12-13-14-15-16-17-18-19-20-21-22(23)24;19-17-15-13-11-9-7-5-3-1-2-4-6-8-10-12-14-16-18(20)21/h2-21H2,1H3,(H,23,24);19H,1-17H2,(H,20,21). The van der Waals surface area contributed by atoms with Gasteiger partial charge in [0.15, 0.2) is 0 Å². The molecule has 5 nitrogen and oxygen atoms in total. The van der Waals surface area contributed by atoms with Crippen molar-refractivity contribution >= 4 is 11.9 Å².